The molecule has 0 aromatic heterocycles. The quantitative estimate of drug-likeness (QED) is 0.488. The number of ketones is 1. The van der Waals surface area contributed by atoms with Crippen LogP contribution < -0.4 is 0 Å². The Hall–Kier alpha value is -2.56. The van der Waals surface area contributed by atoms with Gasteiger partial charge in [0.05, 0.1) is 16.6 Å². The fraction of sp³-hybridized carbons (Fsp3) is 0.188. The summed E-state index contributed by atoms with van der Waals surface area (Å²) in [5.74, 6) is -1.13. The van der Waals surface area contributed by atoms with Crippen LogP contribution in [0, 0.1) is 29.8 Å². The van der Waals surface area contributed by atoms with Crippen LogP contribution in [-0.4, -0.2) is 10.7 Å². The second-order valence-electron chi connectivity index (χ2n) is 4.94. The molecule has 0 radical (unpaired) electrons. The first kappa shape index (κ1) is 14.8. The van der Waals surface area contributed by atoms with E-state index in [4.69, 9.17) is 0 Å². The summed E-state index contributed by atoms with van der Waals surface area (Å²) in [6, 6.07) is 8.58. The van der Waals surface area contributed by atoms with Crippen molar-refractivity contribution in [3.8, 4) is 0 Å². The molecule has 0 fully saturated rings. The fourth-order valence-electron chi connectivity index (χ4n) is 2.09. The highest BCUT2D eigenvalue weighted by Crippen LogP contribution is 2.22. The van der Waals surface area contributed by atoms with Crippen molar-refractivity contribution >= 4 is 11.5 Å². The summed E-state index contributed by atoms with van der Waals surface area (Å²) >= 11 is 0. The van der Waals surface area contributed by atoms with Crippen LogP contribution in [0.1, 0.15) is 27.0 Å². The number of carbonyl (C=O) groups excluding carboxylic acids is 1. The van der Waals surface area contributed by atoms with Crippen LogP contribution in [0.15, 0.2) is 36.4 Å². The molecule has 0 heterocycles. The van der Waals surface area contributed by atoms with Gasteiger partial charge in [-0.2, -0.15) is 0 Å². The van der Waals surface area contributed by atoms with E-state index in [1.807, 2.05) is 32.0 Å². The van der Waals surface area contributed by atoms with Crippen molar-refractivity contribution in [3.63, 3.8) is 0 Å². The van der Waals surface area contributed by atoms with Crippen molar-refractivity contribution in [1.82, 2.24) is 0 Å². The van der Waals surface area contributed by atoms with Crippen LogP contribution in [0.5, 0.6) is 0 Å². The summed E-state index contributed by atoms with van der Waals surface area (Å²) in [7, 11) is 0. The molecule has 0 unspecified atom stereocenters. The molecule has 21 heavy (non-hydrogen) atoms. The topological polar surface area (TPSA) is 60.2 Å². The highest BCUT2D eigenvalue weighted by Gasteiger charge is 2.21. The minimum absolute atomic E-state index is 0.0492. The van der Waals surface area contributed by atoms with Crippen molar-refractivity contribution in [3.05, 3.63) is 74.6 Å². The summed E-state index contributed by atoms with van der Waals surface area (Å²) in [5, 5.41) is 10.9. The van der Waals surface area contributed by atoms with Crippen molar-refractivity contribution < 1.29 is 14.1 Å². The van der Waals surface area contributed by atoms with Crippen LogP contribution >= 0.6 is 0 Å². The van der Waals surface area contributed by atoms with Gasteiger partial charge in [0, 0.05) is 6.42 Å². The lowest BCUT2D eigenvalue weighted by Crippen LogP contribution is -2.07. The molecule has 0 aliphatic carbocycles. The largest absolute Gasteiger partial charge is 0.294 e. The first-order valence-corrected chi connectivity index (χ1v) is 6.42. The minimum Gasteiger partial charge on any atom is -0.294 e. The van der Waals surface area contributed by atoms with E-state index in [1.54, 1.807) is 0 Å². The Labute approximate surface area is 121 Å². The second kappa shape index (κ2) is 5.83. The van der Waals surface area contributed by atoms with Crippen molar-refractivity contribution in [2.75, 3.05) is 0 Å². The van der Waals surface area contributed by atoms with E-state index in [1.165, 1.54) is 0 Å². The third-order valence-corrected chi connectivity index (χ3v) is 3.39. The zero-order valence-electron chi connectivity index (χ0n) is 11.7. The van der Waals surface area contributed by atoms with Gasteiger partial charge in [-0.3, -0.25) is 14.9 Å². The first-order valence-electron chi connectivity index (χ1n) is 6.42. The van der Waals surface area contributed by atoms with Gasteiger partial charge in [0.2, 0.25) is 0 Å². The molecular formula is C16H14FNO3. The van der Waals surface area contributed by atoms with E-state index in [-0.39, 0.29) is 12.0 Å². The highest BCUT2D eigenvalue weighted by molar-refractivity contribution is 6.01. The monoisotopic (exact) mass is 287 g/mol. The summed E-state index contributed by atoms with van der Waals surface area (Å²) in [4.78, 5) is 22.4. The molecule has 0 bridgehead atoms. The normalized spacial score (nSPS) is 10.4. The number of aryl methyl sites for hydroxylation is 2. The predicted molar refractivity (Wildman–Crippen MR) is 77.0 cm³/mol. The molecule has 0 aliphatic heterocycles. The Morgan fingerprint density at radius 1 is 1.14 bits per heavy atom. The van der Waals surface area contributed by atoms with E-state index in [2.05, 4.69) is 0 Å². The molecule has 5 heteroatoms. The van der Waals surface area contributed by atoms with Crippen LogP contribution in [0.2, 0.25) is 0 Å². The number of Topliss-reactive ketones (excluding diaryl/α,β-unsaturated/α-hetero) is 1. The maximum atomic E-state index is 13.1. The maximum Gasteiger partial charge on any atom is 0.283 e. The zero-order chi connectivity index (χ0) is 15.6. The van der Waals surface area contributed by atoms with Crippen LogP contribution in [0.3, 0.4) is 0 Å². The molecule has 0 N–H and O–H groups in total. The fourth-order valence-corrected chi connectivity index (χ4v) is 2.09. The Balaban J connectivity index is 2.32. The predicted octanol–water partition coefficient (Wildman–Crippen LogP) is 3.78. The van der Waals surface area contributed by atoms with Gasteiger partial charge in [0.15, 0.2) is 5.78 Å². The SMILES string of the molecule is Cc1ccc(CC(=O)c2ccc(F)cc2[N+](=O)[O-])cc1C. The number of carbonyl (C=O) groups is 1. The van der Waals surface area contributed by atoms with Gasteiger partial charge < -0.3 is 0 Å². The number of nitro groups is 1. The Morgan fingerprint density at radius 2 is 1.86 bits per heavy atom. The lowest BCUT2D eigenvalue weighted by molar-refractivity contribution is -0.385. The minimum atomic E-state index is -0.739. The van der Waals surface area contributed by atoms with Crippen LogP contribution in [-0.2, 0) is 6.42 Å². The Bertz CT molecular complexity index is 725. The Morgan fingerprint density at radius 3 is 2.48 bits per heavy atom. The maximum absolute atomic E-state index is 13.1. The molecule has 0 amide bonds. The smallest absolute Gasteiger partial charge is 0.283 e. The van der Waals surface area contributed by atoms with Crippen molar-refractivity contribution in [2.24, 2.45) is 0 Å². The second-order valence-corrected chi connectivity index (χ2v) is 4.94. The average Bonchev–Trinajstić information content (AvgIpc) is 2.42. The highest BCUT2D eigenvalue weighted by atomic mass is 19.1. The van der Waals surface area contributed by atoms with Gasteiger partial charge >= 0.3 is 0 Å². The molecule has 0 aliphatic rings. The number of benzene rings is 2. The summed E-state index contributed by atoms with van der Waals surface area (Å²) < 4.78 is 13.1. The van der Waals surface area contributed by atoms with Gasteiger partial charge in [0.1, 0.15) is 5.82 Å². The molecule has 0 atom stereocenters. The van der Waals surface area contributed by atoms with E-state index in [0.29, 0.717) is 0 Å². The number of nitro benzene ring substituents is 1. The number of halogens is 1. The lowest BCUT2D eigenvalue weighted by Gasteiger charge is -2.06. The molecule has 4 nitrogen and oxygen atoms in total. The molecule has 0 spiro atoms. The van der Waals surface area contributed by atoms with Crippen molar-refractivity contribution in [1.29, 1.82) is 0 Å². The number of hydrogen-bond donors (Lipinski definition) is 0. The Kier molecular flexibility index (Phi) is 4.12. The summed E-state index contributed by atoms with van der Waals surface area (Å²) in [5.41, 5.74) is 2.37. The van der Waals surface area contributed by atoms with Gasteiger partial charge in [-0.25, -0.2) is 4.39 Å². The molecular weight excluding hydrogens is 273 g/mol. The van der Waals surface area contributed by atoms with Crippen molar-refractivity contribution in [2.45, 2.75) is 20.3 Å². The summed E-state index contributed by atoms with van der Waals surface area (Å²) in [6.07, 6.45) is 0.0492. The van der Waals surface area contributed by atoms with E-state index >= 15 is 0 Å². The number of rotatable bonds is 4. The van der Waals surface area contributed by atoms with E-state index in [0.717, 1.165) is 34.9 Å². The van der Waals surface area contributed by atoms with Gasteiger partial charge in [-0.1, -0.05) is 18.2 Å². The third-order valence-electron chi connectivity index (χ3n) is 3.39. The third kappa shape index (κ3) is 3.31. The van der Waals surface area contributed by atoms with E-state index < -0.39 is 22.2 Å². The summed E-state index contributed by atoms with van der Waals surface area (Å²) in [6.45, 7) is 3.90. The lowest BCUT2D eigenvalue weighted by atomic mass is 9.98. The van der Waals surface area contributed by atoms with Gasteiger partial charge in [-0.05, 0) is 42.7 Å². The zero-order valence-corrected chi connectivity index (χ0v) is 11.7. The molecule has 108 valence electrons. The molecule has 0 saturated carbocycles. The van der Waals surface area contributed by atoms with E-state index in [9.17, 15) is 19.3 Å². The standard InChI is InChI=1S/C16H14FNO3/c1-10-3-4-12(7-11(10)2)8-16(19)14-6-5-13(17)9-15(14)18(20)21/h3-7,9H,8H2,1-2H3. The first-order chi connectivity index (χ1) is 9.88. The van der Waals surface area contributed by atoms with Gasteiger partial charge in [0.25, 0.3) is 5.69 Å². The molecule has 0 saturated heterocycles. The molecule has 2 aromatic rings. The molecule has 2 aromatic carbocycles. The van der Waals surface area contributed by atoms with Crippen LogP contribution in [0.25, 0.3) is 0 Å². The average molecular weight is 287 g/mol. The van der Waals surface area contributed by atoms with Crippen LogP contribution in [0.4, 0.5) is 10.1 Å². The molecule has 2 rings (SSSR count). The van der Waals surface area contributed by atoms with Gasteiger partial charge in [-0.15, -0.1) is 0 Å². The number of hydrogen-bond acceptors (Lipinski definition) is 3. The number of nitrogens with zero attached hydrogens (tertiary/aromatic N) is 1.